The van der Waals surface area contributed by atoms with Gasteiger partial charge in [-0.2, -0.15) is 0 Å². The van der Waals surface area contributed by atoms with Crippen LogP contribution in [0.2, 0.25) is 0 Å². The van der Waals surface area contributed by atoms with Gasteiger partial charge in [-0.1, -0.05) is 0 Å². The Kier molecular flexibility index (Phi) is 8.65. The van der Waals surface area contributed by atoms with Crippen molar-refractivity contribution in [3.05, 3.63) is 0 Å². The average Bonchev–Trinajstić information content (AvgIpc) is 2.29. The molecule has 0 unspecified atom stereocenters. The Bertz CT molecular complexity index is 142. The molecule has 1 fully saturated rings. The van der Waals surface area contributed by atoms with Crippen LogP contribution in [0.5, 0.6) is 0 Å². The van der Waals surface area contributed by atoms with Crippen LogP contribution in [-0.4, -0.2) is 77.8 Å². The highest BCUT2D eigenvalue weighted by Crippen LogP contribution is 1.86. The van der Waals surface area contributed by atoms with E-state index in [0.29, 0.717) is 13.2 Å². The van der Waals surface area contributed by atoms with Crippen molar-refractivity contribution in [2.75, 3.05) is 72.9 Å². The van der Waals surface area contributed by atoms with Gasteiger partial charge in [0.25, 0.3) is 0 Å². The molecule has 0 bridgehead atoms. The van der Waals surface area contributed by atoms with Crippen LogP contribution >= 0.6 is 0 Å². The molecule has 16 heavy (non-hydrogen) atoms. The Hall–Kier alpha value is -0.200. The van der Waals surface area contributed by atoms with Crippen LogP contribution in [-0.2, 0) is 14.2 Å². The van der Waals surface area contributed by atoms with Gasteiger partial charge in [-0.15, -0.1) is 0 Å². The monoisotopic (exact) mass is 232 g/mol. The van der Waals surface area contributed by atoms with Crippen molar-refractivity contribution in [2.45, 2.75) is 0 Å². The smallest absolute Gasteiger partial charge is 0.0701 e. The first-order valence-electron chi connectivity index (χ1n) is 6.02. The van der Waals surface area contributed by atoms with Crippen LogP contribution in [0.1, 0.15) is 0 Å². The second kappa shape index (κ2) is 9.99. The fourth-order valence-electron chi connectivity index (χ4n) is 1.39. The van der Waals surface area contributed by atoms with E-state index >= 15 is 0 Å². The molecule has 1 heterocycles. The van der Waals surface area contributed by atoms with Gasteiger partial charge in [0.05, 0.1) is 39.6 Å². The summed E-state index contributed by atoms with van der Waals surface area (Å²) < 4.78 is 16.3. The van der Waals surface area contributed by atoms with Crippen molar-refractivity contribution >= 4 is 0 Å². The number of hydrogen-bond donors (Lipinski definition) is 1. The van der Waals surface area contributed by atoms with E-state index < -0.39 is 0 Å². The van der Waals surface area contributed by atoms with Crippen LogP contribution in [0, 0.1) is 0 Å². The first-order chi connectivity index (χ1) is 7.89. The molecule has 0 radical (unpaired) electrons. The van der Waals surface area contributed by atoms with E-state index in [1.807, 2.05) is 0 Å². The highest BCUT2D eigenvalue weighted by molar-refractivity contribution is 4.51. The fraction of sp³-hybridized carbons (Fsp3) is 1.00. The van der Waals surface area contributed by atoms with Crippen molar-refractivity contribution in [3.63, 3.8) is 0 Å². The summed E-state index contributed by atoms with van der Waals surface area (Å²) >= 11 is 0. The average molecular weight is 232 g/mol. The van der Waals surface area contributed by atoms with E-state index in [2.05, 4.69) is 17.3 Å². The highest BCUT2D eigenvalue weighted by Gasteiger charge is 1.99. The van der Waals surface area contributed by atoms with Crippen molar-refractivity contribution < 1.29 is 14.2 Å². The van der Waals surface area contributed by atoms with E-state index in [1.54, 1.807) is 0 Å². The number of rotatable bonds is 0. The van der Waals surface area contributed by atoms with Crippen molar-refractivity contribution in [1.29, 1.82) is 0 Å². The van der Waals surface area contributed by atoms with Gasteiger partial charge in [0, 0.05) is 26.2 Å². The molecule has 0 spiro atoms. The SMILES string of the molecule is CN1CCOCCNCCOCCOCC1. The summed E-state index contributed by atoms with van der Waals surface area (Å²) in [6.07, 6.45) is 0. The number of hydrogen-bond acceptors (Lipinski definition) is 5. The minimum Gasteiger partial charge on any atom is -0.379 e. The van der Waals surface area contributed by atoms with Gasteiger partial charge < -0.3 is 24.4 Å². The summed E-state index contributed by atoms with van der Waals surface area (Å²) in [5.74, 6) is 0. The summed E-state index contributed by atoms with van der Waals surface area (Å²) in [6, 6.07) is 0. The van der Waals surface area contributed by atoms with E-state index in [9.17, 15) is 0 Å². The topological polar surface area (TPSA) is 43.0 Å². The van der Waals surface area contributed by atoms with Gasteiger partial charge >= 0.3 is 0 Å². The third-order valence-electron chi connectivity index (χ3n) is 2.45. The molecule has 5 heteroatoms. The lowest BCUT2D eigenvalue weighted by Gasteiger charge is -2.16. The molecule has 0 aromatic rings. The van der Waals surface area contributed by atoms with Crippen LogP contribution in [0.15, 0.2) is 0 Å². The molecule has 1 N–H and O–H groups in total. The van der Waals surface area contributed by atoms with Crippen molar-refractivity contribution in [3.8, 4) is 0 Å². The van der Waals surface area contributed by atoms with E-state index in [-0.39, 0.29) is 0 Å². The van der Waals surface area contributed by atoms with E-state index in [4.69, 9.17) is 14.2 Å². The number of ether oxygens (including phenoxy) is 3. The zero-order chi connectivity index (χ0) is 11.5. The number of nitrogens with zero attached hydrogens (tertiary/aromatic N) is 1. The fourth-order valence-corrected chi connectivity index (χ4v) is 1.39. The maximum atomic E-state index is 5.49. The zero-order valence-corrected chi connectivity index (χ0v) is 10.2. The lowest BCUT2D eigenvalue weighted by Crippen LogP contribution is -2.28. The lowest BCUT2D eigenvalue weighted by molar-refractivity contribution is 0.0410. The molecule has 1 rings (SSSR count). The second-order valence-corrected chi connectivity index (χ2v) is 3.89. The minimum atomic E-state index is 0.682. The van der Waals surface area contributed by atoms with Gasteiger partial charge in [0.1, 0.15) is 0 Å². The van der Waals surface area contributed by atoms with Crippen molar-refractivity contribution in [2.24, 2.45) is 0 Å². The summed E-state index contributed by atoms with van der Waals surface area (Å²) in [5, 5.41) is 3.26. The molecule has 1 saturated heterocycles. The predicted molar refractivity (Wildman–Crippen MR) is 62.8 cm³/mol. The van der Waals surface area contributed by atoms with Gasteiger partial charge in [0.2, 0.25) is 0 Å². The van der Waals surface area contributed by atoms with Crippen LogP contribution < -0.4 is 5.32 Å². The van der Waals surface area contributed by atoms with E-state index in [0.717, 1.165) is 52.6 Å². The Morgan fingerprint density at radius 2 is 1.25 bits per heavy atom. The van der Waals surface area contributed by atoms with Crippen LogP contribution in [0.3, 0.4) is 0 Å². The zero-order valence-electron chi connectivity index (χ0n) is 10.2. The maximum Gasteiger partial charge on any atom is 0.0701 e. The molecule has 96 valence electrons. The molecule has 1 aliphatic heterocycles. The number of nitrogens with one attached hydrogen (secondary N) is 1. The third-order valence-corrected chi connectivity index (χ3v) is 2.45. The van der Waals surface area contributed by atoms with Gasteiger partial charge in [-0.05, 0) is 7.05 Å². The van der Waals surface area contributed by atoms with E-state index in [1.165, 1.54) is 0 Å². The van der Waals surface area contributed by atoms with Crippen LogP contribution in [0.25, 0.3) is 0 Å². The molecule has 0 atom stereocenters. The lowest BCUT2D eigenvalue weighted by atomic mass is 10.5. The summed E-state index contributed by atoms with van der Waals surface area (Å²) in [4.78, 5) is 2.22. The highest BCUT2D eigenvalue weighted by atomic mass is 16.5. The molecule has 0 aromatic heterocycles. The molecule has 0 amide bonds. The third kappa shape index (κ3) is 8.01. The van der Waals surface area contributed by atoms with Gasteiger partial charge in [0.15, 0.2) is 0 Å². The second-order valence-electron chi connectivity index (χ2n) is 3.89. The molecule has 0 saturated carbocycles. The normalized spacial score (nSPS) is 24.6. The molecule has 1 aliphatic rings. The maximum absolute atomic E-state index is 5.49. The van der Waals surface area contributed by atoms with Gasteiger partial charge in [-0.25, -0.2) is 0 Å². The van der Waals surface area contributed by atoms with Gasteiger partial charge in [-0.3, -0.25) is 0 Å². The largest absolute Gasteiger partial charge is 0.379 e. The van der Waals surface area contributed by atoms with Crippen molar-refractivity contribution in [1.82, 2.24) is 10.2 Å². The molecule has 5 nitrogen and oxygen atoms in total. The first-order valence-corrected chi connectivity index (χ1v) is 6.02. The Morgan fingerprint density at radius 1 is 0.750 bits per heavy atom. The standard InChI is InChI=1S/C11H24N2O3/c1-13-4-8-14-6-2-12-3-7-15-10-11-16-9-5-13/h12H,2-11H2,1H3. The Labute approximate surface area is 98.0 Å². The molecular weight excluding hydrogens is 208 g/mol. The first kappa shape index (κ1) is 13.9. The summed E-state index contributed by atoms with van der Waals surface area (Å²) in [5.41, 5.74) is 0. The molecule has 0 aliphatic carbocycles. The molecular formula is C11H24N2O3. The number of likely N-dealkylation sites (N-methyl/N-ethyl adjacent to an activating group) is 1. The Morgan fingerprint density at radius 3 is 1.88 bits per heavy atom. The Balaban J connectivity index is 2.10. The summed E-state index contributed by atoms with van der Waals surface area (Å²) in [6.45, 7) is 8.10. The van der Waals surface area contributed by atoms with Crippen LogP contribution in [0.4, 0.5) is 0 Å². The molecule has 0 aromatic carbocycles. The quantitative estimate of drug-likeness (QED) is 0.614. The predicted octanol–water partition coefficient (Wildman–Crippen LogP) is -0.429. The minimum absolute atomic E-state index is 0.682. The summed E-state index contributed by atoms with van der Waals surface area (Å²) in [7, 11) is 2.08.